The van der Waals surface area contributed by atoms with Crippen LogP contribution in [0.15, 0.2) is 51.4 Å². The Morgan fingerprint density at radius 3 is 1.54 bits per heavy atom. The third kappa shape index (κ3) is 14.1. The number of rotatable bonds is 5. The molecule has 2 aliphatic rings. The van der Waals surface area contributed by atoms with Crippen LogP contribution in [-0.2, 0) is 0 Å². The molecule has 0 bridgehead atoms. The summed E-state index contributed by atoms with van der Waals surface area (Å²) in [4.78, 5) is 28.9. The highest BCUT2D eigenvalue weighted by atomic mass is 79.9. The maximum atomic E-state index is 12.8. The van der Waals surface area contributed by atoms with Crippen LogP contribution in [0, 0.1) is 76.0 Å². The summed E-state index contributed by atoms with van der Waals surface area (Å²) < 4.78 is 31.6. The van der Waals surface area contributed by atoms with Gasteiger partial charge in [-0.1, -0.05) is 22.3 Å². The fourth-order valence-electron chi connectivity index (χ4n) is 2.79. The molecule has 0 radical (unpaired) electrons. The number of nitro groups is 3. The van der Waals surface area contributed by atoms with Gasteiger partial charge in [0.25, 0.3) is 0 Å². The number of nitrogens with zero attached hydrogens (tertiary/aromatic N) is 6. The molecule has 0 saturated heterocycles. The predicted octanol–water partition coefficient (Wildman–Crippen LogP) is 8.79. The van der Waals surface area contributed by atoms with Crippen molar-refractivity contribution >= 4 is 48.9 Å². The van der Waals surface area contributed by atoms with E-state index in [4.69, 9.17) is 25.6 Å². The Hall–Kier alpha value is -5.09. The summed E-state index contributed by atoms with van der Waals surface area (Å²) in [5, 5.41) is 65.0. The zero-order valence-electron chi connectivity index (χ0n) is 22.5. The minimum atomic E-state index is -0.962. The second-order valence-electron chi connectivity index (χ2n) is 8.90. The molecule has 0 atom stereocenters. The Labute approximate surface area is 291 Å². The van der Waals surface area contributed by atoms with E-state index in [1.165, 1.54) is 18.2 Å². The van der Waals surface area contributed by atoms with Gasteiger partial charge in [0.1, 0.15) is 12.1 Å². The third-order valence-electron chi connectivity index (χ3n) is 5.36. The molecule has 1 N–H and O–H groups in total. The second kappa shape index (κ2) is 20.9. The van der Waals surface area contributed by atoms with Crippen LogP contribution < -0.4 is 4.74 Å². The average Bonchev–Trinajstić information content (AvgIpc) is 3.93. The molecule has 256 valence electrons. The molecule has 0 aromatic heterocycles. The van der Waals surface area contributed by atoms with E-state index in [0.29, 0.717) is 4.47 Å². The van der Waals surface area contributed by atoms with Gasteiger partial charge in [-0.3, -0.25) is 30.3 Å². The van der Waals surface area contributed by atoms with Crippen LogP contribution in [0.5, 0.6) is 5.75 Å². The van der Waals surface area contributed by atoms with Crippen LogP contribution in [0.2, 0.25) is 0 Å². The molecule has 2 aliphatic carbocycles. The molecule has 18 heteroatoms. The predicted molar refractivity (Wildman–Crippen MR) is 178 cm³/mol. The molecule has 48 heavy (non-hydrogen) atoms. The first-order chi connectivity index (χ1) is 21.2. The lowest BCUT2D eigenvalue weighted by Crippen LogP contribution is -2.01. The lowest BCUT2D eigenvalue weighted by molar-refractivity contribution is -0.387. The molecule has 2 fully saturated rings. The SMILES string of the molecule is C.C.C.N#Cc1cc([N+](=O)[O-])c(F)cc1Br.N#Cc1cc([N+](=O)[O-])c(OC2CC2)cc1Br.N#Cc1ccc(F)c([N+](=O)[O-])c1.OC1CC1. The van der Waals surface area contributed by atoms with E-state index in [1.54, 1.807) is 12.1 Å². The number of aliphatic hydroxyl groups is 1. The number of hydrogen-bond donors (Lipinski definition) is 1. The molecule has 14 nitrogen and oxygen atoms in total. The molecule has 0 spiro atoms. The van der Waals surface area contributed by atoms with E-state index in [2.05, 4.69) is 31.9 Å². The number of benzene rings is 3. The van der Waals surface area contributed by atoms with Gasteiger partial charge in [-0.25, -0.2) is 0 Å². The summed E-state index contributed by atoms with van der Waals surface area (Å²) in [6.45, 7) is 0. The van der Waals surface area contributed by atoms with E-state index in [1.807, 2.05) is 6.07 Å². The Kier molecular flexibility index (Phi) is 19.6. The fraction of sp³-hybridized carbons (Fsp3) is 0.300. The van der Waals surface area contributed by atoms with Crippen molar-refractivity contribution in [1.82, 2.24) is 0 Å². The molecule has 5 rings (SSSR count). The molecule has 2 saturated carbocycles. The highest BCUT2D eigenvalue weighted by molar-refractivity contribution is 9.10. The monoisotopic (exact) mass is 798 g/mol. The minimum Gasteiger partial charge on any atom is -0.483 e. The zero-order valence-corrected chi connectivity index (χ0v) is 25.7. The largest absolute Gasteiger partial charge is 0.483 e. The van der Waals surface area contributed by atoms with Gasteiger partial charge in [-0.15, -0.1) is 0 Å². The summed E-state index contributed by atoms with van der Waals surface area (Å²) in [6, 6.07) is 12.7. The van der Waals surface area contributed by atoms with Gasteiger partial charge in [0.15, 0.2) is 5.75 Å². The van der Waals surface area contributed by atoms with Crippen molar-refractivity contribution in [2.75, 3.05) is 0 Å². The molecule has 0 aliphatic heterocycles. The maximum absolute atomic E-state index is 12.8. The van der Waals surface area contributed by atoms with E-state index in [0.717, 1.165) is 49.9 Å². The van der Waals surface area contributed by atoms with E-state index < -0.39 is 37.8 Å². The van der Waals surface area contributed by atoms with Gasteiger partial charge in [0.2, 0.25) is 11.6 Å². The van der Waals surface area contributed by atoms with Crippen LogP contribution >= 0.6 is 31.9 Å². The van der Waals surface area contributed by atoms with E-state index in [-0.39, 0.29) is 67.1 Å². The van der Waals surface area contributed by atoms with Crippen LogP contribution in [0.4, 0.5) is 25.8 Å². The minimum absolute atomic E-state index is 0. The lowest BCUT2D eigenvalue weighted by atomic mass is 10.2. The highest BCUT2D eigenvalue weighted by Gasteiger charge is 2.28. The van der Waals surface area contributed by atoms with Crippen LogP contribution in [0.25, 0.3) is 0 Å². The Morgan fingerprint density at radius 1 is 0.708 bits per heavy atom. The van der Waals surface area contributed by atoms with Crippen molar-refractivity contribution in [1.29, 1.82) is 15.8 Å². The number of hydrogen-bond acceptors (Lipinski definition) is 11. The number of ether oxygens (including phenoxy) is 1. The van der Waals surface area contributed by atoms with Gasteiger partial charge in [0.05, 0.1) is 49.7 Å². The smallest absolute Gasteiger partial charge is 0.312 e. The number of aliphatic hydroxyl groups excluding tert-OH is 1. The summed E-state index contributed by atoms with van der Waals surface area (Å²) in [7, 11) is 0. The average molecular weight is 800 g/mol. The van der Waals surface area contributed by atoms with Gasteiger partial charge in [-0.2, -0.15) is 24.6 Å². The lowest BCUT2D eigenvalue weighted by Gasteiger charge is -2.06. The molecule has 0 heterocycles. The van der Waals surface area contributed by atoms with Crippen molar-refractivity contribution in [3.63, 3.8) is 0 Å². The summed E-state index contributed by atoms with van der Waals surface area (Å²) in [5.41, 5.74) is -1.19. The number of halogens is 4. The van der Waals surface area contributed by atoms with Gasteiger partial charge < -0.3 is 9.84 Å². The Bertz CT molecular complexity index is 1750. The molecule has 0 amide bonds. The molecular weight excluding hydrogens is 770 g/mol. The zero-order chi connectivity index (χ0) is 33.8. The van der Waals surface area contributed by atoms with Crippen molar-refractivity contribution in [2.45, 2.75) is 60.2 Å². The summed E-state index contributed by atoms with van der Waals surface area (Å²) in [6.07, 6.45) is 4.10. The van der Waals surface area contributed by atoms with Crippen molar-refractivity contribution < 1.29 is 33.4 Å². The fourth-order valence-corrected chi connectivity index (χ4v) is 3.61. The Morgan fingerprint density at radius 2 is 1.15 bits per heavy atom. The maximum Gasteiger partial charge on any atom is 0.312 e. The molecular formula is C30H30Br2F2N6O8. The number of nitriles is 3. The first-order valence-electron chi connectivity index (χ1n) is 12.3. The van der Waals surface area contributed by atoms with Crippen LogP contribution in [-0.4, -0.2) is 32.1 Å². The Balaban J connectivity index is 0. The topological polar surface area (TPSA) is 230 Å². The third-order valence-corrected chi connectivity index (χ3v) is 6.67. The molecule has 3 aromatic rings. The van der Waals surface area contributed by atoms with Gasteiger partial charge in [0, 0.05) is 33.2 Å². The second-order valence-corrected chi connectivity index (χ2v) is 10.6. The van der Waals surface area contributed by atoms with Crippen molar-refractivity contribution in [3.8, 4) is 24.0 Å². The van der Waals surface area contributed by atoms with Crippen LogP contribution in [0.3, 0.4) is 0 Å². The van der Waals surface area contributed by atoms with E-state index in [9.17, 15) is 39.1 Å². The van der Waals surface area contributed by atoms with Crippen molar-refractivity contribution in [3.05, 3.63) is 110 Å². The van der Waals surface area contributed by atoms with Gasteiger partial charge in [-0.05, 0) is 75.7 Å². The first-order valence-corrected chi connectivity index (χ1v) is 13.9. The molecule has 3 aromatic carbocycles. The standard InChI is InChI=1S/C10H7BrN2O3.C7H2BrFN2O2.C7H3FN2O2.C3H6O.3CH4/c11-8-4-10(16-7-1-2-7)9(13(14)15)3-6(8)5-12;8-5-2-6(9)7(11(12)13)1-4(5)3-10;8-6-2-1-5(4-9)3-7(6)10(11)12;4-3-1-2-3;;;/h3-4,7H,1-2H2;1-2H;1-3H;3-4H,1-2H2;3*1H4. The first kappa shape index (κ1) is 45.0. The normalized spacial score (nSPS) is 11.7. The highest BCUT2D eigenvalue weighted by Crippen LogP contribution is 2.37. The number of nitro benzene ring substituents is 3. The van der Waals surface area contributed by atoms with E-state index >= 15 is 0 Å². The summed E-state index contributed by atoms with van der Waals surface area (Å²) >= 11 is 6.08. The van der Waals surface area contributed by atoms with Gasteiger partial charge >= 0.3 is 17.1 Å². The molecule has 0 unspecified atom stereocenters. The summed E-state index contributed by atoms with van der Waals surface area (Å²) in [5.74, 6) is -1.67. The quantitative estimate of drug-likeness (QED) is 0.189. The van der Waals surface area contributed by atoms with Crippen molar-refractivity contribution in [2.24, 2.45) is 0 Å². The van der Waals surface area contributed by atoms with Crippen LogP contribution in [0.1, 0.15) is 64.7 Å².